The van der Waals surface area contributed by atoms with Gasteiger partial charge in [0.25, 0.3) is 5.91 Å². The summed E-state index contributed by atoms with van der Waals surface area (Å²) in [6, 6.07) is 11.3. The average molecular weight is 389 g/mol. The van der Waals surface area contributed by atoms with E-state index in [-0.39, 0.29) is 16.9 Å². The summed E-state index contributed by atoms with van der Waals surface area (Å²) < 4.78 is 8.00. The number of carbonyl (C=O) groups is 1. The number of benzene rings is 2. The molecule has 0 atom stereocenters. The molecule has 1 amide bonds. The lowest BCUT2D eigenvalue weighted by Crippen LogP contribution is -2.36. The van der Waals surface area contributed by atoms with E-state index < -0.39 is 0 Å². The van der Waals surface area contributed by atoms with Crippen LogP contribution in [-0.4, -0.2) is 41.6 Å². The van der Waals surface area contributed by atoms with Crippen molar-refractivity contribution in [3.63, 3.8) is 0 Å². The van der Waals surface area contributed by atoms with Crippen molar-refractivity contribution in [2.75, 3.05) is 26.2 Å². The molecular formula is C23H23N3O3. The first-order valence-electron chi connectivity index (χ1n) is 10.1. The molecule has 2 aromatic carbocycles. The Balaban J connectivity index is 1.56. The van der Waals surface area contributed by atoms with Gasteiger partial charge in [-0.15, -0.1) is 0 Å². The van der Waals surface area contributed by atoms with E-state index in [2.05, 4.69) is 10.2 Å². The number of amides is 1. The number of hydrogen-bond donors (Lipinski definition) is 1. The third kappa shape index (κ3) is 3.00. The summed E-state index contributed by atoms with van der Waals surface area (Å²) >= 11 is 0. The molecule has 0 aliphatic carbocycles. The van der Waals surface area contributed by atoms with Gasteiger partial charge in [0.1, 0.15) is 11.1 Å². The molecule has 0 bridgehead atoms. The second kappa shape index (κ2) is 7.04. The predicted octanol–water partition coefficient (Wildman–Crippen LogP) is 3.23. The van der Waals surface area contributed by atoms with Crippen LogP contribution in [0.5, 0.6) is 11.5 Å². The van der Waals surface area contributed by atoms with Crippen LogP contribution in [0.25, 0.3) is 16.6 Å². The molecule has 0 unspecified atom stereocenters. The lowest BCUT2D eigenvalue weighted by atomic mass is 10.0. The quantitative estimate of drug-likeness (QED) is 0.582. The maximum atomic E-state index is 13.1. The van der Waals surface area contributed by atoms with E-state index in [1.54, 1.807) is 12.3 Å². The minimum Gasteiger partial charge on any atom is -0.453 e. The molecule has 6 nitrogen and oxygen atoms in total. The molecule has 2 aliphatic heterocycles. The lowest BCUT2D eigenvalue weighted by Gasteiger charge is -2.25. The maximum Gasteiger partial charge on any atom is 0.256 e. The SMILES string of the molecule is Cc1ccc2c(=O)c(C(=O)NCCN3CCCC3)cn3c2c1Oc1ccccc1-3. The fraction of sp³-hybridized carbons (Fsp3) is 0.304. The van der Waals surface area contributed by atoms with Gasteiger partial charge in [0.2, 0.25) is 5.43 Å². The average Bonchev–Trinajstić information content (AvgIpc) is 3.25. The van der Waals surface area contributed by atoms with Crippen LogP contribution < -0.4 is 15.5 Å². The molecule has 1 N–H and O–H groups in total. The Kier molecular flexibility index (Phi) is 4.36. The molecule has 3 heterocycles. The fourth-order valence-electron chi connectivity index (χ4n) is 4.25. The second-order valence-electron chi connectivity index (χ2n) is 7.72. The van der Waals surface area contributed by atoms with E-state index >= 15 is 0 Å². The molecule has 1 fully saturated rings. The van der Waals surface area contributed by atoms with E-state index in [0.717, 1.165) is 30.9 Å². The van der Waals surface area contributed by atoms with Crippen LogP contribution in [0.2, 0.25) is 0 Å². The largest absolute Gasteiger partial charge is 0.453 e. The number of aromatic nitrogens is 1. The van der Waals surface area contributed by atoms with Crippen LogP contribution in [0.1, 0.15) is 28.8 Å². The van der Waals surface area contributed by atoms with E-state index in [1.165, 1.54) is 12.8 Å². The molecule has 0 radical (unpaired) electrons. The van der Waals surface area contributed by atoms with Crippen molar-refractivity contribution < 1.29 is 9.53 Å². The summed E-state index contributed by atoms with van der Waals surface area (Å²) in [5, 5.41) is 3.42. The number of fused-ring (bicyclic) bond motifs is 2. The van der Waals surface area contributed by atoms with Gasteiger partial charge in [-0.25, -0.2) is 0 Å². The molecular weight excluding hydrogens is 366 g/mol. The van der Waals surface area contributed by atoms with Crippen LogP contribution >= 0.6 is 0 Å². The van der Waals surface area contributed by atoms with Crippen molar-refractivity contribution >= 4 is 16.8 Å². The normalized spacial score (nSPS) is 15.2. The molecule has 1 aromatic heterocycles. The van der Waals surface area contributed by atoms with Crippen molar-refractivity contribution in [1.82, 2.24) is 14.8 Å². The number of pyridine rings is 1. The summed E-state index contributed by atoms with van der Waals surface area (Å²) in [4.78, 5) is 28.3. The monoisotopic (exact) mass is 389 g/mol. The van der Waals surface area contributed by atoms with Crippen molar-refractivity contribution in [1.29, 1.82) is 0 Å². The van der Waals surface area contributed by atoms with Crippen molar-refractivity contribution in [3.8, 4) is 17.2 Å². The Morgan fingerprint density at radius 1 is 1.14 bits per heavy atom. The number of rotatable bonds is 4. The van der Waals surface area contributed by atoms with E-state index in [4.69, 9.17) is 4.74 Å². The van der Waals surface area contributed by atoms with E-state index in [1.807, 2.05) is 41.8 Å². The van der Waals surface area contributed by atoms with Gasteiger partial charge in [-0.2, -0.15) is 0 Å². The number of nitrogens with zero attached hydrogens (tertiary/aromatic N) is 2. The molecule has 0 spiro atoms. The molecule has 6 heteroatoms. The highest BCUT2D eigenvalue weighted by atomic mass is 16.5. The highest BCUT2D eigenvalue weighted by Crippen LogP contribution is 2.41. The Bertz CT molecular complexity index is 1180. The Morgan fingerprint density at radius 2 is 1.93 bits per heavy atom. The van der Waals surface area contributed by atoms with Crippen LogP contribution in [0.3, 0.4) is 0 Å². The fourth-order valence-corrected chi connectivity index (χ4v) is 4.25. The number of nitrogens with one attached hydrogen (secondary N) is 1. The van der Waals surface area contributed by atoms with Gasteiger partial charge < -0.3 is 19.5 Å². The zero-order valence-electron chi connectivity index (χ0n) is 16.4. The topological polar surface area (TPSA) is 63.6 Å². The number of para-hydroxylation sites is 2. The van der Waals surface area contributed by atoms with Crippen LogP contribution in [0, 0.1) is 6.92 Å². The second-order valence-corrected chi connectivity index (χ2v) is 7.72. The Hall–Kier alpha value is -3.12. The predicted molar refractivity (Wildman–Crippen MR) is 112 cm³/mol. The number of aryl methyl sites for hydroxylation is 1. The first kappa shape index (κ1) is 17.9. The number of likely N-dealkylation sites (tertiary alicyclic amines) is 1. The first-order valence-corrected chi connectivity index (χ1v) is 10.1. The molecule has 29 heavy (non-hydrogen) atoms. The highest BCUT2D eigenvalue weighted by Gasteiger charge is 2.25. The molecule has 1 saturated heterocycles. The smallest absolute Gasteiger partial charge is 0.256 e. The number of ether oxygens (including phenoxy) is 1. The van der Waals surface area contributed by atoms with Crippen molar-refractivity contribution in [3.05, 3.63) is 63.9 Å². The van der Waals surface area contributed by atoms with Crippen LogP contribution in [0.4, 0.5) is 0 Å². The summed E-state index contributed by atoms with van der Waals surface area (Å²) in [5.74, 6) is 1.05. The Labute approximate surface area is 168 Å². The van der Waals surface area contributed by atoms with Crippen LogP contribution in [0.15, 0.2) is 47.4 Å². The summed E-state index contributed by atoms with van der Waals surface area (Å²) in [6.07, 6.45) is 4.08. The maximum absolute atomic E-state index is 13.1. The van der Waals surface area contributed by atoms with Gasteiger partial charge in [0.15, 0.2) is 11.5 Å². The zero-order chi connectivity index (χ0) is 20.0. The van der Waals surface area contributed by atoms with Gasteiger partial charge in [-0.1, -0.05) is 18.2 Å². The van der Waals surface area contributed by atoms with Crippen molar-refractivity contribution in [2.24, 2.45) is 0 Å². The van der Waals surface area contributed by atoms with E-state index in [9.17, 15) is 9.59 Å². The molecule has 5 rings (SSSR count). The molecule has 0 saturated carbocycles. The standard InChI is InChI=1S/C23H23N3O3/c1-15-8-9-16-20-22(15)29-19-7-3-2-6-18(19)26(20)14-17(21(16)27)23(28)24-10-13-25-11-4-5-12-25/h2-3,6-9,14H,4-5,10-13H2,1H3,(H,24,28). The van der Waals surface area contributed by atoms with Crippen LogP contribution in [-0.2, 0) is 0 Å². The third-order valence-corrected chi connectivity index (χ3v) is 5.81. The van der Waals surface area contributed by atoms with Gasteiger partial charge >= 0.3 is 0 Å². The van der Waals surface area contributed by atoms with Gasteiger partial charge in [0.05, 0.1) is 11.1 Å². The molecule has 3 aromatic rings. The summed E-state index contributed by atoms with van der Waals surface area (Å²) in [7, 11) is 0. The first-order chi connectivity index (χ1) is 14.1. The summed E-state index contributed by atoms with van der Waals surface area (Å²) in [5.41, 5.74) is 2.37. The Morgan fingerprint density at radius 3 is 2.76 bits per heavy atom. The van der Waals surface area contributed by atoms with Gasteiger partial charge in [-0.3, -0.25) is 9.59 Å². The van der Waals surface area contributed by atoms with Crippen molar-refractivity contribution in [2.45, 2.75) is 19.8 Å². The molecule has 2 aliphatic rings. The van der Waals surface area contributed by atoms with E-state index in [0.29, 0.717) is 28.9 Å². The lowest BCUT2D eigenvalue weighted by molar-refractivity contribution is 0.0948. The van der Waals surface area contributed by atoms with Gasteiger partial charge in [-0.05, 0) is 56.6 Å². The summed E-state index contributed by atoms with van der Waals surface area (Å²) in [6.45, 7) is 5.47. The minimum absolute atomic E-state index is 0.158. The van der Waals surface area contributed by atoms with Gasteiger partial charge in [0, 0.05) is 19.3 Å². The third-order valence-electron chi connectivity index (χ3n) is 5.81. The zero-order valence-corrected chi connectivity index (χ0v) is 16.4. The molecule has 148 valence electrons. The number of carbonyl (C=O) groups excluding carboxylic acids is 1. The minimum atomic E-state index is -0.328. The highest BCUT2D eigenvalue weighted by molar-refractivity contribution is 5.99. The number of hydrogen-bond acceptors (Lipinski definition) is 4.